The van der Waals surface area contributed by atoms with Gasteiger partial charge in [0.2, 0.25) is 5.13 Å². The molecule has 0 amide bonds. The van der Waals surface area contributed by atoms with E-state index in [0.717, 1.165) is 22.3 Å². The number of methoxy groups -OCH3 is 1. The largest absolute Gasteiger partial charge is 0.496 e. The number of nitrogens with one attached hydrogen (secondary N) is 1. The Labute approximate surface area is 98.5 Å². The van der Waals surface area contributed by atoms with Crippen molar-refractivity contribution in [2.75, 3.05) is 19.5 Å². The van der Waals surface area contributed by atoms with Crippen LogP contribution in [0.5, 0.6) is 5.75 Å². The molecule has 1 heterocycles. The number of hydrogen-bond donors (Lipinski definition) is 1. The van der Waals surface area contributed by atoms with Gasteiger partial charge in [0.1, 0.15) is 11.6 Å². The van der Waals surface area contributed by atoms with E-state index in [2.05, 4.69) is 14.7 Å². The predicted octanol–water partition coefficient (Wildman–Crippen LogP) is 2.18. The van der Waals surface area contributed by atoms with Crippen LogP contribution in [0.2, 0.25) is 0 Å². The van der Waals surface area contributed by atoms with Crippen molar-refractivity contribution in [1.82, 2.24) is 9.36 Å². The summed E-state index contributed by atoms with van der Waals surface area (Å²) in [6.07, 6.45) is 0.697. The fourth-order valence-corrected chi connectivity index (χ4v) is 1.98. The maximum atomic E-state index is 5.28. The number of nitrogens with zero attached hydrogens (tertiary/aromatic N) is 2. The second-order valence-corrected chi connectivity index (χ2v) is 4.01. The number of rotatable bonds is 4. The molecule has 2 aromatic rings. The first-order valence-corrected chi connectivity index (χ1v) is 5.73. The summed E-state index contributed by atoms with van der Waals surface area (Å²) in [6, 6.07) is 7.92. The minimum Gasteiger partial charge on any atom is -0.496 e. The van der Waals surface area contributed by atoms with Crippen molar-refractivity contribution in [3.63, 3.8) is 0 Å². The topological polar surface area (TPSA) is 47.0 Å². The molecular weight excluding hydrogens is 222 g/mol. The summed E-state index contributed by atoms with van der Waals surface area (Å²) in [5.74, 6) is 1.70. The second-order valence-electron chi connectivity index (χ2n) is 3.25. The van der Waals surface area contributed by atoms with Crippen molar-refractivity contribution < 1.29 is 4.74 Å². The van der Waals surface area contributed by atoms with Crippen molar-refractivity contribution in [3.8, 4) is 5.75 Å². The lowest BCUT2D eigenvalue weighted by Crippen LogP contribution is -1.95. The number of para-hydroxylation sites is 1. The zero-order valence-corrected chi connectivity index (χ0v) is 10.0. The van der Waals surface area contributed by atoms with Crippen molar-refractivity contribution >= 4 is 16.7 Å². The molecule has 0 bridgehead atoms. The molecule has 0 radical (unpaired) electrons. The van der Waals surface area contributed by atoms with E-state index in [0.29, 0.717) is 6.42 Å². The Morgan fingerprint density at radius 3 is 2.88 bits per heavy atom. The van der Waals surface area contributed by atoms with E-state index in [9.17, 15) is 0 Å². The molecule has 16 heavy (non-hydrogen) atoms. The van der Waals surface area contributed by atoms with E-state index in [1.807, 2.05) is 31.3 Å². The molecule has 2 rings (SSSR count). The van der Waals surface area contributed by atoms with E-state index in [1.54, 1.807) is 7.11 Å². The lowest BCUT2D eigenvalue weighted by molar-refractivity contribution is 0.410. The van der Waals surface area contributed by atoms with Gasteiger partial charge in [-0.05, 0) is 6.07 Å². The molecule has 0 atom stereocenters. The summed E-state index contributed by atoms with van der Waals surface area (Å²) in [7, 11) is 3.51. The SMILES string of the molecule is CNc1nc(Cc2ccccc2OC)ns1. The van der Waals surface area contributed by atoms with Gasteiger partial charge in [0, 0.05) is 30.6 Å². The Hall–Kier alpha value is -1.62. The van der Waals surface area contributed by atoms with Gasteiger partial charge in [-0.25, -0.2) is 4.98 Å². The molecule has 5 heteroatoms. The molecule has 1 aromatic carbocycles. The molecule has 0 aliphatic carbocycles. The van der Waals surface area contributed by atoms with Crippen LogP contribution in [0.4, 0.5) is 5.13 Å². The van der Waals surface area contributed by atoms with Gasteiger partial charge in [-0.2, -0.15) is 4.37 Å². The Bertz CT molecular complexity index is 470. The van der Waals surface area contributed by atoms with Gasteiger partial charge in [0.05, 0.1) is 7.11 Å². The molecule has 0 aliphatic heterocycles. The zero-order chi connectivity index (χ0) is 11.4. The van der Waals surface area contributed by atoms with Crippen LogP contribution < -0.4 is 10.1 Å². The monoisotopic (exact) mass is 235 g/mol. The van der Waals surface area contributed by atoms with Gasteiger partial charge < -0.3 is 10.1 Å². The van der Waals surface area contributed by atoms with Crippen molar-refractivity contribution in [2.45, 2.75) is 6.42 Å². The number of ether oxygens (including phenoxy) is 1. The highest BCUT2D eigenvalue weighted by atomic mass is 32.1. The normalized spacial score (nSPS) is 10.1. The van der Waals surface area contributed by atoms with Crippen molar-refractivity contribution in [2.24, 2.45) is 0 Å². The number of hydrogen-bond acceptors (Lipinski definition) is 5. The highest BCUT2D eigenvalue weighted by Crippen LogP contribution is 2.21. The number of benzene rings is 1. The van der Waals surface area contributed by atoms with E-state index < -0.39 is 0 Å². The van der Waals surface area contributed by atoms with E-state index in [-0.39, 0.29) is 0 Å². The third-order valence-electron chi connectivity index (χ3n) is 2.22. The first-order valence-electron chi connectivity index (χ1n) is 4.95. The molecule has 4 nitrogen and oxygen atoms in total. The molecule has 0 saturated carbocycles. The van der Waals surface area contributed by atoms with Crippen LogP contribution in [0, 0.1) is 0 Å². The van der Waals surface area contributed by atoms with Crippen LogP contribution in [-0.4, -0.2) is 23.5 Å². The third kappa shape index (κ3) is 2.30. The summed E-state index contributed by atoms with van der Waals surface area (Å²) in [4.78, 5) is 4.34. The standard InChI is InChI=1S/C11H13N3OS/c1-12-11-13-10(14-16-11)7-8-5-3-4-6-9(8)15-2/h3-6H,7H2,1-2H3,(H,12,13,14). The van der Waals surface area contributed by atoms with Crippen LogP contribution in [0.25, 0.3) is 0 Å². The van der Waals surface area contributed by atoms with Crippen LogP contribution in [0.1, 0.15) is 11.4 Å². The molecule has 0 saturated heterocycles. The van der Waals surface area contributed by atoms with E-state index >= 15 is 0 Å². The Balaban J connectivity index is 2.19. The zero-order valence-electron chi connectivity index (χ0n) is 9.23. The molecule has 0 spiro atoms. The quantitative estimate of drug-likeness (QED) is 0.882. The third-order valence-corrected chi connectivity index (χ3v) is 2.99. The van der Waals surface area contributed by atoms with Gasteiger partial charge in [-0.15, -0.1) is 0 Å². The van der Waals surface area contributed by atoms with Crippen LogP contribution in [0.15, 0.2) is 24.3 Å². The highest BCUT2D eigenvalue weighted by Gasteiger charge is 2.07. The lowest BCUT2D eigenvalue weighted by Gasteiger charge is -2.05. The molecule has 1 aromatic heterocycles. The Kier molecular flexibility index (Phi) is 3.36. The summed E-state index contributed by atoms with van der Waals surface area (Å²) in [5.41, 5.74) is 1.10. The molecule has 0 unspecified atom stereocenters. The molecule has 84 valence electrons. The Morgan fingerprint density at radius 2 is 2.19 bits per heavy atom. The maximum Gasteiger partial charge on any atom is 0.202 e. The average molecular weight is 235 g/mol. The fourth-order valence-electron chi connectivity index (χ4n) is 1.45. The van der Waals surface area contributed by atoms with Crippen molar-refractivity contribution in [1.29, 1.82) is 0 Å². The molecule has 0 fully saturated rings. The predicted molar refractivity (Wildman–Crippen MR) is 65.3 cm³/mol. The van der Waals surface area contributed by atoms with Gasteiger partial charge in [-0.1, -0.05) is 18.2 Å². The van der Waals surface area contributed by atoms with Gasteiger partial charge in [0.15, 0.2) is 0 Å². The van der Waals surface area contributed by atoms with Gasteiger partial charge in [0.25, 0.3) is 0 Å². The first-order chi connectivity index (χ1) is 7.83. The second kappa shape index (κ2) is 4.94. The summed E-state index contributed by atoms with van der Waals surface area (Å²) in [5, 5.41) is 3.81. The van der Waals surface area contributed by atoms with Crippen molar-refractivity contribution in [3.05, 3.63) is 35.7 Å². The minimum atomic E-state index is 0.697. The summed E-state index contributed by atoms with van der Waals surface area (Å²) < 4.78 is 9.55. The molecule has 1 N–H and O–H groups in total. The summed E-state index contributed by atoms with van der Waals surface area (Å²) >= 11 is 1.37. The fraction of sp³-hybridized carbons (Fsp3) is 0.273. The maximum absolute atomic E-state index is 5.28. The smallest absolute Gasteiger partial charge is 0.202 e. The highest BCUT2D eigenvalue weighted by molar-refractivity contribution is 7.09. The van der Waals surface area contributed by atoms with E-state index in [1.165, 1.54) is 11.5 Å². The van der Waals surface area contributed by atoms with E-state index in [4.69, 9.17) is 4.74 Å². The number of anilines is 1. The summed E-state index contributed by atoms with van der Waals surface area (Å²) in [6.45, 7) is 0. The van der Waals surface area contributed by atoms with Crippen LogP contribution >= 0.6 is 11.5 Å². The molecule has 0 aliphatic rings. The van der Waals surface area contributed by atoms with Gasteiger partial charge in [-0.3, -0.25) is 0 Å². The lowest BCUT2D eigenvalue weighted by atomic mass is 10.1. The first kappa shape index (κ1) is 10.9. The average Bonchev–Trinajstić information content (AvgIpc) is 2.77. The minimum absolute atomic E-state index is 0.697. The van der Waals surface area contributed by atoms with Crippen LogP contribution in [-0.2, 0) is 6.42 Å². The number of aromatic nitrogens is 2. The Morgan fingerprint density at radius 1 is 1.38 bits per heavy atom. The van der Waals surface area contributed by atoms with Gasteiger partial charge >= 0.3 is 0 Å². The molecular formula is C11H13N3OS. The van der Waals surface area contributed by atoms with Crippen LogP contribution in [0.3, 0.4) is 0 Å².